The number of aromatic nitrogens is 1. The zero-order valence-electron chi connectivity index (χ0n) is 35.3. The van der Waals surface area contributed by atoms with Crippen molar-refractivity contribution in [1.82, 2.24) is 26.0 Å². The number of phenols is 1. The summed E-state index contributed by atoms with van der Waals surface area (Å²) in [6.07, 6.45) is 3.69. The molecule has 3 atom stereocenters. The second-order valence-electron chi connectivity index (χ2n) is 16.0. The SMILES string of the molecule is CCCCCC(C(=O)NCNC(=O)c1cccc(-c2ccc(C(=O)NC(CC(=O)OC(C)(C)C)C(=O)OC(C)(C)C)c(O)c2)n1)C(CC)N(C=O)OCc1ccccc1. The van der Waals surface area contributed by atoms with E-state index in [1.807, 2.05) is 37.3 Å². The molecule has 320 valence electrons. The van der Waals surface area contributed by atoms with E-state index in [0.29, 0.717) is 30.5 Å². The van der Waals surface area contributed by atoms with Gasteiger partial charge < -0.3 is 30.5 Å². The smallest absolute Gasteiger partial charge is 0.329 e. The normalized spacial score (nSPS) is 12.9. The number of hydrogen-bond donors (Lipinski definition) is 4. The van der Waals surface area contributed by atoms with E-state index in [0.717, 1.165) is 24.8 Å². The molecule has 3 rings (SSSR count). The van der Waals surface area contributed by atoms with Crippen LogP contribution in [0.4, 0.5) is 0 Å². The van der Waals surface area contributed by atoms with Gasteiger partial charge in [-0.3, -0.25) is 28.8 Å². The van der Waals surface area contributed by atoms with Crippen molar-refractivity contribution in [2.75, 3.05) is 6.67 Å². The van der Waals surface area contributed by atoms with Crippen LogP contribution in [-0.4, -0.2) is 81.2 Å². The van der Waals surface area contributed by atoms with Crippen molar-refractivity contribution in [2.24, 2.45) is 5.92 Å². The molecule has 0 bridgehead atoms. The molecular weight excluding hydrogens is 759 g/mol. The standard InChI is InChI=1S/C44H59N5O10/c1-9-11-13-19-31(36(10-2)49(28-50)57-26-29-17-14-12-15-18-29)39(53)45-27-46-41(55)34-21-16-20-33(47-34)30-22-23-32(37(51)24-30)40(54)48-35(42(56)59-44(6,7)8)25-38(52)58-43(3,4)5/h12,14-18,20-24,28,31,35-36,51H,9-11,13,19,25-27H2,1-8H3,(H,45,53)(H,46,55)(H,48,54). The van der Waals surface area contributed by atoms with Crippen LogP contribution in [-0.2, 0) is 40.1 Å². The van der Waals surface area contributed by atoms with E-state index in [1.165, 1.54) is 29.3 Å². The van der Waals surface area contributed by atoms with E-state index in [1.54, 1.807) is 53.7 Å². The van der Waals surface area contributed by atoms with E-state index >= 15 is 0 Å². The van der Waals surface area contributed by atoms with Crippen molar-refractivity contribution in [3.8, 4) is 17.0 Å². The largest absolute Gasteiger partial charge is 0.507 e. The molecule has 0 aliphatic heterocycles. The zero-order chi connectivity index (χ0) is 43.8. The first kappa shape index (κ1) is 47.5. The number of aromatic hydroxyl groups is 1. The monoisotopic (exact) mass is 817 g/mol. The first-order chi connectivity index (χ1) is 27.8. The predicted molar refractivity (Wildman–Crippen MR) is 220 cm³/mol. The van der Waals surface area contributed by atoms with Gasteiger partial charge in [-0.1, -0.05) is 75.6 Å². The Labute approximate surface area is 346 Å². The van der Waals surface area contributed by atoms with Crippen molar-refractivity contribution in [3.05, 3.63) is 83.6 Å². The van der Waals surface area contributed by atoms with Crippen LogP contribution in [0.25, 0.3) is 11.3 Å². The maximum Gasteiger partial charge on any atom is 0.329 e. The summed E-state index contributed by atoms with van der Waals surface area (Å²) in [6.45, 7) is 13.9. The second kappa shape index (κ2) is 22.4. The lowest BCUT2D eigenvalue weighted by molar-refractivity contribution is -0.200. The average Bonchev–Trinajstić information content (AvgIpc) is 3.17. The van der Waals surface area contributed by atoms with Gasteiger partial charge in [0.2, 0.25) is 12.3 Å². The Kier molecular flexibility index (Phi) is 18.0. The van der Waals surface area contributed by atoms with Gasteiger partial charge >= 0.3 is 11.9 Å². The summed E-state index contributed by atoms with van der Waals surface area (Å²) in [6, 6.07) is 16.2. The summed E-state index contributed by atoms with van der Waals surface area (Å²) in [5.41, 5.74) is -0.354. The number of nitrogens with zero attached hydrogens (tertiary/aromatic N) is 2. The molecule has 4 amide bonds. The predicted octanol–water partition coefficient (Wildman–Crippen LogP) is 5.99. The van der Waals surface area contributed by atoms with Crippen LogP contribution in [0, 0.1) is 5.92 Å². The number of benzene rings is 2. The van der Waals surface area contributed by atoms with Crippen LogP contribution < -0.4 is 16.0 Å². The molecule has 0 fully saturated rings. The molecule has 2 aromatic carbocycles. The van der Waals surface area contributed by atoms with Gasteiger partial charge in [-0.05, 0) is 84.2 Å². The van der Waals surface area contributed by atoms with Crippen molar-refractivity contribution in [3.63, 3.8) is 0 Å². The number of rotatable bonds is 21. The van der Waals surface area contributed by atoms with Gasteiger partial charge in [0.05, 0.1) is 36.3 Å². The van der Waals surface area contributed by atoms with Crippen LogP contribution in [0.5, 0.6) is 5.75 Å². The van der Waals surface area contributed by atoms with Crippen LogP contribution in [0.15, 0.2) is 66.7 Å². The van der Waals surface area contributed by atoms with E-state index in [2.05, 4.69) is 27.9 Å². The maximum absolute atomic E-state index is 13.6. The molecule has 4 N–H and O–H groups in total. The summed E-state index contributed by atoms with van der Waals surface area (Å²) in [7, 11) is 0. The number of carbonyl (C=O) groups is 6. The summed E-state index contributed by atoms with van der Waals surface area (Å²) >= 11 is 0. The molecule has 15 nitrogen and oxygen atoms in total. The van der Waals surface area contributed by atoms with E-state index in [4.69, 9.17) is 14.3 Å². The average molecular weight is 818 g/mol. The third-order valence-corrected chi connectivity index (χ3v) is 8.81. The first-order valence-electron chi connectivity index (χ1n) is 19.9. The summed E-state index contributed by atoms with van der Waals surface area (Å²) in [5, 5.41) is 20.0. The van der Waals surface area contributed by atoms with Crippen LogP contribution in [0.3, 0.4) is 0 Å². The highest BCUT2D eigenvalue weighted by atomic mass is 16.7. The van der Waals surface area contributed by atoms with Crippen LogP contribution in [0.1, 0.15) is 120 Å². The quantitative estimate of drug-likeness (QED) is 0.0323. The molecule has 15 heteroatoms. The van der Waals surface area contributed by atoms with Crippen LogP contribution >= 0.6 is 0 Å². The minimum atomic E-state index is -1.40. The Morgan fingerprint density at radius 1 is 0.847 bits per heavy atom. The lowest BCUT2D eigenvalue weighted by atomic mass is 9.90. The molecule has 59 heavy (non-hydrogen) atoms. The van der Waals surface area contributed by atoms with Gasteiger partial charge in [0.15, 0.2) is 0 Å². The fourth-order valence-electron chi connectivity index (χ4n) is 6.07. The van der Waals surface area contributed by atoms with E-state index in [9.17, 15) is 33.9 Å². The number of unbranched alkanes of at least 4 members (excludes halogenated alkanes) is 2. The van der Waals surface area contributed by atoms with Crippen molar-refractivity contribution < 1.29 is 48.2 Å². The number of phenolic OH excluding ortho intramolecular Hbond substituents is 1. The zero-order valence-corrected chi connectivity index (χ0v) is 35.3. The van der Waals surface area contributed by atoms with Crippen molar-refractivity contribution >= 4 is 36.1 Å². The fourth-order valence-corrected chi connectivity index (χ4v) is 6.07. The minimum Gasteiger partial charge on any atom is -0.507 e. The fraction of sp³-hybridized carbons (Fsp3) is 0.477. The number of ether oxygens (including phenoxy) is 2. The van der Waals surface area contributed by atoms with Crippen molar-refractivity contribution in [2.45, 2.75) is 124 Å². The molecule has 1 heterocycles. The molecule has 0 radical (unpaired) electrons. The highest BCUT2D eigenvalue weighted by Crippen LogP contribution is 2.27. The third-order valence-electron chi connectivity index (χ3n) is 8.81. The first-order valence-corrected chi connectivity index (χ1v) is 19.9. The number of amides is 4. The summed E-state index contributed by atoms with van der Waals surface area (Å²) in [5.74, 6) is -4.39. The van der Waals surface area contributed by atoms with Crippen LogP contribution in [0.2, 0.25) is 0 Å². The Hall–Kier alpha value is -5.83. The third kappa shape index (κ3) is 15.8. The van der Waals surface area contributed by atoms with E-state index in [-0.39, 0.29) is 30.4 Å². The Morgan fingerprint density at radius 2 is 1.54 bits per heavy atom. The van der Waals surface area contributed by atoms with Gasteiger partial charge in [-0.15, -0.1) is 0 Å². The highest BCUT2D eigenvalue weighted by Gasteiger charge is 2.33. The van der Waals surface area contributed by atoms with Gasteiger partial charge in [0.1, 0.15) is 35.3 Å². The molecule has 3 aromatic rings. The topological polar surface area (TPSA) is 203 Å². The van der Waals surface area contributed by atoms with Gasteiger partial charge in [-0.25, -0.2) is 14.8 Å². The second-order valence-corrected chi connectivity index (χ2v) is 16.0. The van der Waals surface area contributed by atoms with E-state index < -0.39 is 65.1 Å². The minimum absolute atomic E-state index is 0.0211. The Bertz CT molecular complexity index is 1890. The summed E-state index contributed by atoms with van der Waals surface area (Å²) < 4.78 is 10.7. The molecule has 0 spiro atoms. The summed E-state index contributed by atoms with van der Waals surface area (Å²) in [4.78, 5) is 88.0. The molecule has 0 aliphatic carbocycles. The van der Waals surface area contributed by atoms with Gasteiger partial charge in [0.25, 0.3) is 11.8 Å². The molecule has 3 unspecified atom stereocenters. The number of esters is 2. The molecule has 0 aliphatic rings. The highest BCUT2D eigenvalue weighted by molar-refractivity contribution is 6.00. The Morgan fingerprint density at radius 3 is 2.15 bits per heavy atom. The Balaban J connectivity index is 1.69. The molecule has 0 saturated heterocycles. The van der Waals surface area contributed by atoms with Crippen molar-refractivity contribution in [1.29, 1.82) is 0 Å². The molecule has 0 saturated carbocycles. The number of pyridine rings is 1. The number of nitrogens with one attached hydrogen (secondary N) is 3. The van der Waals surface area contributed by atoms with Gasteiger partial charge in [-0.2, -0.15) is 0 Å². The maximum atomic E-state index is 13.6. The number of hydrogen-bond acceptors (Lipinski definition) is 11. The molecular formula is C44H59N5O10. The number of hydroxylamine groups is 2. The molecule has 1 aromatic heterocycles. The van der Waals surface area contributed by atoms with Gasteiger partial charge in [0, 0.05) is 5.56 Å². The number of carbonyl (C=O) groups excluding carboxylic acids is 6. The lowest BCUT2D eigenvalue weighted by Crippen LogP contribution is -2.48. The lowest BCUT2D eigenvalue weighted by Gasteiger charge is -2.32.